The standard InChI is InChI=1S/C6H4Cl.Li.H/c7-6-4-2-1-3-5-6;;/h1-2,4-5H;;. The summed E-state index contributed by atoms with van der Waals surface area (Å²) >= 11 is 5.51. The quantitative estimate of drug-likeness (QED) is 0.454. The van der Waals surface area contributed by atoms with Crippen LogP contribution in [-0.2, 0) is 0 Å². The molecule has 0 unspecified atom stereocenters. The summed E-state index contributed by atoms with van der Waals surface area (Å²) in [6.07, 6.45) is 0. The van der Waals surface area contributed by atoms with Crippen LogP contribution in [0.5, 0.6) is 0 Å². The Kier molecular flexibility index (Phi) is 4.09. The van der Waals surface area contributed by atoms with Crippen molar-refractivity contribution >= 4 is 30.5 Å². The van der Waals surface area contributed by atoms with Gasteiger partial charge in [0.1, 0.15) is 0 Å². The molecule has 0 aromatic heterocycles. The molecule has 1 rings (SSSR count). The Bertz CT molecular complexity index is 138. The Morgan fingerprint density at radius 3 is 2.50 bits per heavy atom. The van der Waals surface area contributed by atoms with Crippen LogP contribution in [0, 0.1) is 6.07 Å². The summed E-state index contributed by atoms with van der Waals surface area (Å²) in [5, 5.41) is 0.738. The molecule has 0 aliphatic heterocycles. The zero-order chi connectivity index (χ0) is 5.11. The Hall–Kier alpha value is 0.107. The zero-order valence-electron chi connectivity index (χ0n) is 3.69. The SMILES string of the molecule is Clc1c[c]ccc1.[LiH]. The van der Waals surface area contributed by atoms with Crippen LogP contribution in [-0.4, -0.2) is 18.9 Å². The number of rotatable bonds is 0. The molecule has 8 heavy (non-hydrogen) atoms. The summed E-state index contributed by atoms with van der Waals surface area (Å²) in [7, 11) is 0. The van der Waals surface area contributed by atoms with Crippen LogP contribution in [0.2, 0.25) is 5.02 Å². The molecule has 0 N–H and O–H groups in total. The molecule has 0 nitrogen and oxygen atoms in total. The van der Waals surface area contributed by atoms with Crippen LogP contribution < -0.4 is 0 Å². The summed E-state index contributed by atoms with van der Waals surface area (Å²) in [6.45, 7) is 0. The molecule has 1 aromatic rings. The first kappa shape index (κ1) is 8.11. The van der Waals surface area contributed by atoms with Crippen molar-refractivity contribution in [2.24, 2.45) is 0 Å². The Morgan fingerprint density at radius 2 is 2.25 bits per heavy atom. The van der Waals surface area contributed by atoms with Crippen molar-refractivity contribution in [1.29, 1.82) is 0 Å². The second-order valence-corrected chi connectivity index (χ2v) is 1.66. The number of benzene rings is 1. The third kappa shape index (κ3) is 2.42. The maximum atomic E-state index is 5.51. The van der Waals surface area contributed by atoms with E-state index >= 15 is 0 Å². The number of halogens is 1. The maximum absolute atomic E-state index is 5.51. The fraction of sp³-hybridized carbons (Fsp3) is 0. The van der Waals surface area contributed by atoms with Gasteiger partial charge in [-0.3, -0.25) is 0 Å². The topological polar surface area (TPSA) is 0 Å². The van der Waals surface area contributed by atoms with Gasteiger partial charge in [-0.2, -0.15) is 0 Å². The first-order valence-corrected chi connectivity index (χ1v) is 2.39. The third-order valence-electron chi connectivity index (χ3n) is 0.669. The molecule has 1 aromatic carbocycles. The molecule has 37 valence electrons. The average Bonchev–Trinajstić information content (AvgIpc) is 1.69. The second-order valence-electron chi connectivity index (χ2n) is 1.22. The van der Waals surface area contributed by atoms with Gasteiger partial charge < -0.3 is 0 Å². The van der Waals surface area contributed by atoms with Crippen molar-refractivity contribution in [3.05, 3.63) is 35.4 Å². The van der Waals surface area contributed by atoms with Crippen molar-refractivity contribution in [3.8, 4) is 0 Å². The van der Waals surface area contributed by atoms with E-state index in [4.69, 9.17) is 11.6 Å². The van der Waals surface area contributed by atoms with Gasteiger partial charge >= 0.3 is 18.9 Å². The summed E-state index contributed by atoms with van der Waals surface area (Å²) < 4.78 is 0. The van der Waals surface area contributed by atoms with Gasteiger partial charge in [-0.15, -0.1) is 0 Å². The molecule has 1 radical (unpaired) electrons. The monoisotopic (exact) mass is 119 g/mol. The van der Waals surface area contributed by atoms with Crippen molar-refractivity contribution in [3.63, 3.8) is 0 Å². The Morgan fingerprint density at radius 1 is 1.50 bits per heavy atom. The van der Waals surface area contributed by atoms with Crippen LogP contribution in [0.1, 0.15) is 0 Å². The number of hydrogen-bond donors (Lipinski definition) is 0. The fourth-order valence-electron chi connectivity index (χ4n) is 0.371. The summed E-state index contributed by atoms with van der Waals surface area (Å²) in [5.41, 5.74) is 0. The van der Waals surface area contributed by atoms with E-state index in [2.05, 4.69) is 6.07 Å². The van der Waals surface area contributed by atoms with E-state index in [1.165, 1.54) is 0 Å². The molecule has 0 fully saturated rings. The van der Waals surface area contributed by atoms with Gasteiger partial charge in [0, 0.05) is 5.02 Å². The van der Waals surface area contributed by atoms with Crippen LogP contribution in [0.15, 0.2) is 24.3 Å². The molecule has 0 amide bonds. The Balaban J connectivity index is 0.000000490. The average molecular weight is 119 g/mol. The van der Waals surface area contributed by atoms with Crippen LogP contribution >= 0.6 is 11.6 Å². The molecule has 0 aliphatic carbocycles. The van der Waals surface area contributed by atoms with Crippen molar-refractivity contribution < 1.29 is 0 Å². The van der Waals surface area contributed by atoms with E-state index in [1.54, 1.807) is 6.07 Å². The molecule has 0 saturated heterocycles. The molecule has 0 saturated carbocycles. The van der Waals surface area contributed by atoms with Gasteiger partial charge in [0.2, 0.25) is 0 Å². The van der Waals surface area contributed by atoms with E-state index in [1.807, 2.05) is 18.2 Å². The van der Waals surface area contributed by atoms with E-state index in [-0.39, 0.29) is 18.9 Å². The molecular weight excluding hydrogens is 114 g/mol. The van der Waals surface area contributed by atoms with Gasteiger partial charge in [-0.05, 0) is 18.2 Å². The molecule has 2 heteroatoms. The minimum atomic E-state index is 0. The van der Waals surface area contributed by atoms with Gasteiger partial charge in [0.15, 0.2) is 0 Å². The molecule has 0 atom stereocenters. The van der Waals surface area contributed by atoms with E-state index in [9.17, 15) is 0 Å². The molecule has 0 spiro atoms. The molecule has 0 bridgehead atoms. The van der Waals surface area contributed by atoms with Crippen LogP contribution in [0.3, 0.4) is 0 Å². The minimum absolute atomic E-state index is 0. The van der Waals surface area contributed by atoms with Gasteiger partial charge in [0.25, 0.3) is 0 Å². The fourth-order valence-corrected chi connectivity index (χ4v) is 0.507. The normalized spacial score (nSPS) is 7.62. The zero-order valence-corrected chi connectivity index (χ0v) is 4.44. The van der Waals surface area contributed by atoms with E-state index in [0.717, 1.165) is 5.02 Å². The first-order chi connectivity index (χ1) is 3.39. The van der Waals surface area contributed by atoms with Gasteiger partial charge in [-0.1, -0.05) is 23.7 Å². The predicted octanol–water partition coefficient (Wildman–Crippen LogP) is 1.49. The van der Waals surface area contributed by atoms with E-state index < -0.39 is 0 Å². The van der Waals surface area contributed by atoms with Crippen LogP contribution in [0.25, 0.3) is 0 Å². The molecule has 0 heterocycles. The molecular formula is C6H5ClLi. The predicted molar refractivity (Wildman–Crippen MR) is 37.4 cm³/mol. The van der Waals surface area contributed by atoms with Crippen molar-refractivity contribution in [1.82, 2.24) is 0 Å². The van der Waals surface area contributed by atoms with Crippen molar-refractivity contribution in [2.75, 3.05) is 0 Å². The van der Waals surface area contributed by atoms with E-state index in [0.29, 0.717) is 0 Å². The summed E-state index contributed by atoms with van der Waals surface area (Å²) in [4.78, 5) is 0. The molecule has 0 aliphatic rings. The number of hydrogen-bond acceptors (Lipinski definition) is 0. The summed E-state index contributed by atoms with van der Waals surface area (Å²) in [5.74, 6) is 0. The van der Waals surface area contributed by atoms with Gasteiger partial charge in [-0.25, -0.2) is 0 Å². The second kappa shape index (κ2) is 4.03. The van der Waals surface area contributed by atoms with Gasteiger partial charge in [0.05, 0.1) is 0 Å². The summed E-state index contributed by atoms with van der Waals surface area (Å²) in [6, 6.07) is 10.0. The first-order valence-electron chi connectivity index (χ1n) is 2.01. The Labute approximate surface area is 66.0 Å². The third-order valence-corrected chi connectivity index (χ3v) is 0.904. The van der Waals surface area contributed by atoms with Crippen LogP contribution in [0.4, 0.5) is 0 Å². The van der Waals surface area contributed by atoms with Crippen molar-refractivity contribution in [2.45, 2.75) is 0 Å².